The third-order valence-corrected chi connectivity index (χ3v) is 8.06. The Labute approximate surface area is 215 Å². The summed E-state index contributed by atoms with van der Waals surface area (Å²) in [7, 11) is -8.52. The molecule has 2 rings (SSSR count). The zero-order valence-electron chi connectivity index (χ0n) is 20.7. The minimum absolute atomic E-state index is 0.0909. The molecule has 2 aliphatic rings. The largest absolute Gasteiger partial charge is 0.449 e. The SMILES string of the molecule is CC(C)C[C@H](NC(=O)OCC1CN(S(C)(=O)=O)C1)C(=O)N[C@@H](C[C@H]1CCNC1=O)C(=O)C(O)S(=O)(=O)O. The number of sulfonamides is 1. The lowest BCUT2D eigenvalue weighted by Gasteiger charge is -2.36. The van der Waals surface area contributed by atoms with Crippen molar-refractivity contribution in [1.82, 2.24) is 20.3 Å². The van der Waals surface area contributed by atoms with Crippen molar-refractivity contribution in [2.24, 2.45) is 17.8 Å². The monoisotopic (exact) mass is 570 g/mol. The third kappa shape index (κ3) is 9.17. The lowest BCUT2D eigenvalue weighted by atomic mass is 9.95. The molecule has 0 aromatic heterocycles. The molecule has 1 unspecified atom stereocenters. The van der Waals surface area contributed by atoms with Gasteiger partial charge in [-0.1, -0.05) is 13.8 Å². The van der Waals surface area contributed by atoms with E-state index in [1.807, 2.05) is 0 Å². The second-order valence-corrected chi connectivity index (χ2v) is 13.2. The second kappa shape index (κ2) is 12.5. The number of carbonyl (C=O) groups is 4. The molecule has 0 radical (unpaired) electrons. The molecule has 212 valence electrons. The quantitative estimate of drug-likeness (QED) is 0.149. The predicted octanol–water partition coefficient (Wildman–Crippen LogP) is -2.19. The number of rotatable bonds is 13. The van der Waals surface area contributed by atoms with Crippen LogP contribution < -0.4 is 16.0 Å². The summed E-state index contributed by atoms with van der Waals surface area (Å²) in [6.45, 7) is 4.12. The molecule has 0 saturated carbocycles. The summed E-state index contributed by atoms with van der Waals surface area (Å²) in [6, 6.07) is -2.88. The average Bonchev–Trinajstić information content (AvgIpc) is 3.12. The predicted molar refractivity (Wildman–Crippen MR) is 128 cm³/mol. The first-order valence-corrected chi connectivity index (χ1v) is 15.0. The van der Waals surface area contributed by atoms with E-state index in [2.05, 4.69) is 16.0 Å². The van der Waals surface area contributed by atoms with E-state index in [9.17, 15) is 41.1 Å². The minimum Gasteiger partial charge on any atom is -0.449 e. The highest BCUT2D eigenvalue weighted by molar-refractivity contribution is 7.88. The molecule has 0 aromatic carbocycles. The highest BCUT2D eigenvalue weighted by Crippen LogP contribution is 2.20. The summed E-state index contributed by atoms with van der Waals surface area (Å²) in [5.74, 6) is -3.82. The number of Topliss-reactive ketones (excluding diaryl/α,β-unsaturated/α-hetero) is 1. The number of alkyl carbamates (subject to hydrolysis) is 1. The molecule has 37 heavy (non-hydrogen) atoms. The third-order valence-electron chi connectivity index (χ3n) is 6.03. The Bertz CT molecular complexity index is 1090. The van der Waals surface area contributed by atoms with Crippen molar-refractivity contribution in [2.75, 3.05) is 32.5 Å². The molecular formula is C20H34N4O11S2. The smallest absolute Gasteiger partial charge is 0.407 e. The van der Waals surface area contributed by atoms with Gasteiger partial charge in [-0.05, 0) is 25.2 Å². The molecule has 4 atom stereocenters. The Kier molecular flexibility index (Phi) is 10.4. The van der Waals surface area contributed by atoms with E-state index in [0.717, 1.165) is 6.26 Å². The fourth-order valence-corrected chi connectivity index (χ4v) is 5.39. The van der Waals surface area contributed by atoms with Crippen LogP contribution in [-0.4, -0.2) is 105 Å². The topological polar surface area (TPSA) is 226 Å². The molecular weight excluding hydrogens is 536 g/mol. The van der Waals surface area contributed by atoms with Crippen molar-refractivity contribution in [3.63, 3.8) is 0 Å². The molecule has 5 N–H and O–H groups in total. The van der Waals surface area contributed by atoms with Crippen LogP contribution in [0.25, 0.3) is 0 Å². The van der Waals surface area contributed by atoms with E-state index in [1.165, 1.54) is 4.31 Å². The molecule has 2 heterocycles. The van der Waals surface area contributed by atoms with Crippen LogP contribution in [0.4, 0.5) is 4.79 Å². The normalized spacial score (nSPS) is 21.5. The summed E-state index contributed by atoms with van der Waals surface area (Å²) in [5, 5.41) is 17.0. The summed E-state index contributed by atoms with van der Waals surface area (Å²) in [4.78, 5) is 49.9. The molecule has 0 spiro atoms. The van der Waals surface area contributed by atoms with Crippen molar-refractivity contribution in [1.29, 1.82) is 0 Å². The first kappa shape index (κ1) is 30.9. The first-order chi connectivity index (χ1) is 17.0. The number of aliphatic hydroxyl groups excluding tert-OH is 1. The molecule has 0 bridgehead atoms. The van der Waals surface area contributed by atoms with Crippen LogP contribution in [0.15, 0.2) is 0 Å². The van der Waals surface area contributed by atoms with Gasteiger partial charge in [-0.2, -0.15) is 8.42 Å². The Morgan fingerprint density at radius 2 is 1.76 bits per heavy atom. The maximum absolute atomic E-state index is 13.0. The molecule has 2 aliphatic heterocycles. The van der Waals surface area contributed by atoms with E-state index in [1.54, 1.807) is 13.8 Å². The van der Waals surface area contributed by atoms with Crippen LogP contribution in [0.5, 0.6) is 0 Å². The fourth-order valence-electron chi connectivity index (χ4n) is 3.97. The standard InChI is InChI=1S/C20H34N4O11S2/c1-11(2)6-15(23-20(29)35-10-12-8-24(9-12)36(3,30)31)18(27)22-14(7-13-4-5-21-17(13)26)16(25)19(28)37(32,33)34/h11-15,19,28H,4-10H2,1-3H3,(H,21,26)(H,22,27)(H,23,29)(H,32,33,34)/t13-,14+,15+,19?/m1/s1. The van der Waals surface area contributed by atoms with Crippen LogP contribution >= 0.6 is 0 Å². The van der Waals surface area contributed by atoms with Gasteiger partial charge in [0.1, 0.15) is 6.04 Å². The maximum Gasteiger partial charge on any atom is 0.407 e. The Morgan fingerprint density at radius 1 is 1.14 bits per heavy atom. The number of nitrogens with zero attached hydrogens (tertiary/aromatic N) is 1. The van der Waals surface area contributed by atoms with E-state index in [0.29, 0.717) is 13.0 Å². The summed E-state index contributed by atoms with van der Waals surface area (Å²) >= 11 is 0. The number of amides is 3. The number of nitrogens with one attached hydrogen (secondary N) is 3. The molecule has 3 amide bonds. The first-order valence-electron chi connectivity index (χ1n) is 11.6. The molecule has 17 heteroatoms. The van der Waals surface area contributed by atoms with Gasteiger partial charge in [-0.15, -0.1) is 0 Å². The van der Waals surface area contributed by atoms with Crippen LogP contribution in [-0.2, 0) is 39.3 Å². The number of ketones is 1. The van der Waals surface area contributed by atoms with E-state index in [-0.39, 0.29) is 44.4 Å². The van der Waals surface area contributed by atoms with Gasteiger partial charge in [-0.3, -0.25) is 18.9 Å². The number of carbonyl (C=O) groups excluding carboxylic acids is 4. The van der Waals surface area contributed by atoms with E-state index >= 15 is 0 Å². The number of hydrogen-bond acceptors (Lipinski definition) is 10. The molecule has 2 fully saturated rings. The van der Waals surface area contributed by atoms with Gasteiger partial charge >= 0.3 is 6.09 Å². The fraction of sp³-hybridized carbons (Fsp3) is 0.800. The second-order valence-electron chi connectivity index (χ2n) is 9.71. The zero-order valence-corrected chi connectivity index (χ0v) is 22.4. The van der Waals surface area contributed by atoms with E-state index in [4.69, 9.17) is 9.29 Å². The molecule has 2 saturated heterocycles. The average molecular weight is 571 g/mol. The maximum atomic E-state index is 13.0. The van der Waals surface area contributed by atoms with Gasteiger partial charge in [0.05, 0.1) is 18.9 Å². The summed E-state index contributed by atoms with van der Waals surface area (Å²) < 4.78 is 60.9. The van der Waals surface area contributed by atoms with Gasteiger partial charge in [0.15, 0.2) is 0 Å². The van der Waals surface area contributed by atoms with Crippen LogP contribution in [0.3, 0.4) is 0 Å². The van der Waals surface area contributed by atoms with Crippen LogP contribution in [0.2, 0.25) is 0 Å². The lowest BCUT2D eigenvalue weighted by Crippen LogP contribution is -2.55. The van der Waals surface area contributed by atoms with Crippen LogP contribution in [0, 0.1) is 17.8 Å². The summed E-state index contributed by atoms with van der Waals surface area (Å²) in [5.41, 5.74) is -2.84. The van der Waals surface area contributed by atoms with Crippen molar-refractivity contribution in [3.8, 4) is 0 Å². The van der Waals surface area contributed by atoms with Gasteiger partial charge in [-0.25, -0.2) is 17.5 Å². The van der Waals surface area contributed by atoms with Gasteiger partial charge < -0.3 is 25.8 Å². The van der Waals surface area contributed by atoms with Gasteiger partial charge in [0.25, 0.3) is 10.1 Å². The molecule has 0 aliphatic carbocycles. The van der Waals surface area contributed by atoms with E-state index < -0.39 is 67.3 Å². The zero-order chi connectivity index (χ0) is 28.1. The lowest BCUT2D eigenvalue weighted by molar-refractivity contribution is -0.132. The van der Waals surface area contributed by atoms with Gasteiger partial charge in [0, 0.05) is 31.5 Å². The highest BCUT2D eigenvalue weighted by atomic mass is 32.2. The van der Waals surface area contributed by atoms with Crippen molar-refractivity contribution >= 4 is 43.8 Å². The van der Waals surface area contributed by atoms with Crippen molar-refractivity contribution < 1.29 is 50.4 Å². The number of hydrogen-bond donors (Lipinski definition) is 5. The van der Waals surface area contributed by atoms with Crippen LogP contribution in [0.1, 0.15) is 33.1 Å². The Morgan fingerprint density at radius 3 is 2.24 bits per heavy atom. The molecule has 15 nitrogen and oxygen atoms in total. The van der Waals surface area contributed by atoms with Crippen molar-refractivity contribution in [3.05, 3.63) is 0 Å². The minimum atomic E-state index is -5.19. The molecule has 0 aromatic rings. The number of ether oxygens (including phenoxy) is 1. The summed E-state index contributed by atoms with van der Waals surface area (Å²) in [6.07, 6.45) is 0.170. The Hall–Kier alpha value is -2.34. The number of aliphatic hydroxyl groups is 1. The van der Waals surface area contributed by atoms with Crippen molar-refractivity contribution in [2.45, 2.75) is 50.6 Å². The highest BCUT2D eigenvalue weighted by Gasteiger charge is 2.39. The van der Waals surface area contributed by atoms with Gasteiger partial charge in [0.2, 0.25) is 33.1 Å². The Balaban J connectivity index is 2.06.